The van der Waals surface area contributed by atoms with Crippen molar-refractivity contribution in [3.05, 3.63) is 70.2 Å². The highest BCUT2D eigenvalue weighted by atomic mass is 35.5. The van der Waals surface area contributed by atoms with Crippen molar-refractivity contribution in [2.45, 2.75) is 25.7 Å². The summed E-state index contributed by atoms with van der Waals surface area (Å²) in [6.07, 6.45) is 5.24. The Balaban J connectivity index is 0.000000188. The van der Waals surface area contributed by atoms with Crippen LogP contribution < -0.4 is 5.73 Å². The average molecular weight is 421 g/mol. The zero-order valence-corrected chi connectivity index (χ0v) is 16.7. The van der Waals surface area contributed by atoms with Gasteiger partial charge in [-0.15, -0.1) is 0 Å². The number of benzene rings is 2. The van der Waals surface area contributed by atoms with E-state index in [2.05, 4.69) is 4.90 Å². The molecule has 2 aromatic carbocycles. The van der Waals surface area contributed by atoms with Crippen LogP contribution in [0.1, 0.15) is 46.4 Å². The number of halogens is 3. The number of nitrogens with two attached hydrogens (primary N) is 1. The quantitative estimate of drug-likeness (QED) is 0.742. The summed E-state index contributed by atoms with van der Waals surface area (Å²) in [5.74, 6) is -1.44. The molecule has 0 unspecified atom stereocenters. The van der Waals surface area contributed by atoms with Crippen LogP contribution in [0, 0.1) is 17.0 Å². The monoisotopic (exact) mass is 420 g/mol. The van der Waals surface area contributed by atoms with Gasteiger partial charge in [-0.05, 0) is 86.7 Å². The SMILES string of the molecule is NC(=O)c1cc(F)cc(Cl)c1.O=C(CN1CCC2(CC1)CC2)c1ccc(F)cc1. The number of ketones is 1. The van der Waals surface area contributed by atoms with Gasteiger partial charge in [0, 0.05) is 16.1 Å². The van der Waals surface area contributed by atoms with Gasteiger partial charge in [0.1, 0.15) is 11.6 Å². The molecule has 0 atom stereocenters. The Bertz CT molecular complexity index is 868. The normalized spacial score (nSPS) is 17.3. The highest BCUT2D eigenvalue weighted by Crippen LogP contribution is 2.53. The number of nitrogens with zero attached hydrogens (tertiary/aromatic N) is 1. The minimum Gasteiger partial charge on any atom is -0.366 e. The van der Waals surface area contributed by atoms with Crippen LogP contribution >= 0.6 is 11.6 Å². The van der Waals surface area contributed by atoms with Crippen LogP contribution in [0.15, 0.2) is 42.5 Å². The van der Waals surface area contributed by atoms with E-state index in [1.54, 1.807) is 12.1 Å². The number of piperidine rings is 1. The second kappa shape index (κ2) is 9.01. The van der Waals surface area contributed by atoms with Crippen LogP contribution in [0.2, 0.25) is 5.02 Å². The molecule has 1 spiro atoms. The molecule has 4 nitrogen and oxygen atoms in total. The summed E-state index contributed by atoms with van der Waals surface area (Å²) < 4.78 is 25.3. The second-order valence-corrected chi connectivity index (χ2v) is 8.17. The Kier molecular flexibility index (Phi) is 6.65. The summed E-state index contributed by atoms with van der Waals surface area (Å²) in [7, 11) is 0. The molecule has 154 valence electrons. The first kappa shape index (κ1) is 21.4. The maximum atomic E-state index is 12.8. The van der Waals surface area contributed by atoms with Crippen molar-refractivity contribution in [2.75, 3.05) is 19.6 Å². The number of hydrogen-bond donors (Lipinski definition) is 1. The van der Waals surface area contributed by atoms with E-state index < -0.39 is 11.7 Å². The molecule has 1 heterocycles. The molecule has 0 bridgehead atoms. The Morgan fingerprint density at radius 3 is 2.07 bits per heavy atom. The molecule has 1 amide bonds. The first-order valence-electron chi connectivity index (χ1n) is 9.53. The minimum absolute atomic E-state index is 0.0787. The standard InChI is InChI=1S/C15H18FNO.C7H5ClFNO/c16-13-3-1-12(2-4-13)14(18)11-17-9-7-15(5-6-15)8-10-17;8-5-1-4(7(10)11)2-6(9)3-5/h1-4H,5-11H2;1-3H,(H2,10,11). The van der Waals surface area contributed by atoms with Crippen molar-refractivity contribution in [3.8, 4) is 0 Å². The van der Waals surface area contributed by atoms with Gasteiger partial charge < -0.3 is 5.73 Å². The van der Waals surface area contributed by atoms with Gasteiger partial charge in [0.2, 0.25) is 5.91 Å². The van der Waals surface area contributed by atoms with Crippen molar-refractivity contribution in [1.29, 1.82) is 0 Å². The molecule has 2 aromatic rings. The molecular weight excluding hydrogens is 398 g/mol. The number of primary amides is 1. The third-order valence-corrected chi connectivity index (χ3v) is 5.77. The van der Waals surface area contributed by atoms with E-state index in [1.807, 2.05) is 0 Å². The zero-order chi connectivity index (χ0) is 21.0. The van der Waals surface area contributed by atoms with Gasteiger partial charge in [-0.1, -0.05) is 11.6 Å². The van der Waals surface area contributed by atoms with Crippen LogP contribution in [-0.2, 0) is 0 Å². The lowest BCUT2D eigenvalue weighted by atomic mass is 9.93. The van der Waals surface area contributed by atoms with Gasteiger partial charge in [-0.3, -0.25) is 14.5 Å². The van der Waals surface area contributed by atoms with Gasteiger partial charge in [0.25, 0.3) is 0 Å². The summed E-state index contributed by atoms with van der Waals surface area (Å²) in [6, 6.07) is 9.30. The summed E-state index contributed by atoms with van der Waals surface area (Å²) in [6.45, 7) is 2.54. The van der Waals surface area contributed by atoms with E-state index in [-0.39, 0.29) is 22.2 Å². The molecule has 1 saturated carbocycles. The highest BCUT2D eigenvalue weighted by Gasteiger charge is 2.44. The van der Waals surface area contributed by atoms with Crippen LogP contribution in [0.3, 0.4) is 0 Å². The average Bonchev–Trinajstić information content (AvgIpc) is 3.43. The number of Topliss-reactive ketones (excluding diaryl/α,β-unsaturated/α-hetero) is 1. The predicted molar refractivity (Wildman–Crippen MR) is 108 cm³/mol. The smallest absolute Gasteiger partial charge is 0.248 e. The molecule has 2 fully saturated rings. The molecular formula is C22H23ClF2N2O2. The number of amides is 1. The van der Waals surface area contributed by atoms with Crippen LogP contribution in [0.25, 0.3) is 0 Å². The van der Waals surface area contributed by atoms with E-state index in [0.29, 0.717) is 17.5 Å². The van der Waals surface area contributed by atoms with E-state index in [4.69, 9.17) is 17.3 Å². The predicted octanol–water partition coefficient (Wildman–Crippen LogP) is 4.46. The summed E-state index contributed by atoms with van der Waals surface area (Å²) >= 11 is 5.45. The fourth-order valence-corrected chi connectivity index (χ4v) is 3.71. The first-order chi connectivity index (χ1) is 13.8. The fraction of sp³-hybridized carbons (Fsp3) is 0.364. The van der Waals surface area contributed by atoms with Gasteiger partial charge >= 0.3 is 0 Å². The van der Waals surface area contributed by atoms with Gasteiger partial charge in [-0.25, -0.2) is 8.78 Å². The second-order valence-electron chi connectivity index (χ2n) is 7.73. The molecule has 1 aliphatic heterocycles. The highest BCUT2D eigenvalue weighted by molar-refractivity contribution is 6.30. The summed E-state index contributed by atoms with van der Waals surface area (Å²) in [5, 5.41) is 0.166. The number of rotatable bonds is 4. The number of carbonyl (C=O) groups is 2. The molecule has 2 aliphatic rings. The molecule has 4 rings (SSSR count). The van der Waals surface area contributed by atoms with Crippen molar-refractivity contribution in [3.63, 3.8) is 0 Å². The molecule has 0 aromatic heterocycles. The molecule has 0 radical (unpaired) electrons. The van der Waals surface area contributed by atoms with Crippen molar-refractivity contribution in [1.82, 2.24) is 4.90 Å². The number of hydrogen-bond acceptors (Lipinski definition) is 3. The Morgan fingerprint density at radius 2 is 1.55 bits per heavy atom. The van der Waals surface area contributed by atoms with Gasteiger partial charge in [0.05, 0.1) is 6.54 Å². The summed E-state index contributed by atoms with van der Waals surface area (Å²) in [4.78, 5) is 24.8. The topological polar surface area (TPSA) is 63.4 Å². The van der Waals surface area contributed by atoms with Gasteiger partial charge in [0.15, 0.2) is 5.78 Å². The molecule has 2 N–H and O–H groups in total. The fourth-order valence-electron chi connectivity index (χ4n) is 3.49. The third-order valence-electron chi connectivity index (χ3n) is 5.55. The van der Waals surface area contributed by atoms with E-state index >= 15 is 0 Å². The van der Waals surface area contributed by atoms with Crippen molar-refractivity contribution < 1.29 is 18.4 Å². The molecule has 1 aliphatic carbocycles. The molecule has 29 heavy (non-hydrogen) atoms. The maximum Gasteiger partial charge on any atom is 0.248 e. The van der Waals surface area contributed by atoms with Crippen molar-refractivity contribution in [2.24, 2.45) is 11.1 Å². The Morgan fingerprint density at radius 1 is 0.931 bits per heavy atom. The Labute approximate surface area is 173 Å². The van der Waals surface area contributed by atoms with E-state index in [9.17, 15) is 18.4 Å². The van der Waals surface area contributed by atoms with Crippen LogP contribution in [0.4, 0.5) is 8.78 Å². The molecule has 7 heteroatoms. The van der Waals surface area contributed by atoms with Crippen LogP contribution in [-0.4, -0.2) is 36.2 Å². The maximum absolute atomic E-state index is 12.8. The van der Waals surface area contributed by atoms with E-state index in [1.165, 1.54) is 43.9 Å². The first-order valence-corrected chi connectivity index (χ1v) is 9.91. The largest absolute Gasteiger partial charge is 0.366 e. The van der Waals surface area contributed by atoms with Crippen LogP contribution in [0.5, 0.6) is 0 Å². The molecule has 1 saturated heterocycles. The zero-order valence-electron chi connectivity index (χ0n) is 16.0. The lowest BCUT2D eigenvalue weighted by Gasteiger charge is -2.31. The minimum atomic E-state index is -0.689. The van der Waals surface area contributed by atoms with E-state index in [0.717, 1.165) is 25.2 Å². The summed E-state index contributed by atoms with van der Waals surface area (Å²) in [5.41, 5.74) is 6.23. The lowest BCUT2D eigenvalue weighted by Crippen LogP contribution is -2.37. The number of likely N-dealkylation sites (tertiary alicyclic amines) is 1. The number of carbonyl (C=O) groups excluding carboxylic acids is 2. The lowest BCUT2D eigenvalue weighted by molar-refractivity contribution is 0.0886. The third kappa shape index (κ3) is 6.08. The van der Waals surface area contributed by atoms with Gasteiger partial charge in [-0.2, -0.15) is 0 Å². The Hall–Kier alpha value is -2.31. The van der Waals surface area contributed by atoms with Crippen molar-refractivity contribution >= 4 is 23.3 Å².